The number of hydrogen-bond donors (Lipinski definition) is 1. The van der Waals surface area contributed by atoms with Crippen molar-refractivity contribution in [1.82, 2.24) is 4.90 Å². The Morgan fingerprint density at radius 3 is 2.42 bits per heavy atom. The summed E-state index contributed by atoms with van der Waals surface area (Å²) in [6, 6.07) is 18.7. The maximum Gasteiger partial charge on any atom is 0.303 e. The molecule has 1 aliphatic heterocycles. The van der Waals surface area contributed by atoms with Crippen molar-refractivity contribution < 1.29 is 14.7 Å². The molecule has 1 amide bonds. The summed E-state index contributed by atoms with van der Waals surface area (Å²) < 4.78 is 0. The van der Waals surface area contributed by atoms with Crippen LogP contribution in [-0.2, 0) is 22.4 Å². The molecule has 0 bridgehead atoms. The number of aliphatic carboxylic acids is 1. The Morgan fingerprint density at radius 2 is 1.65 bits per heavy atom. The summed E-state index contributed by atoms with van der Waals surface area (Å²) in [4.78, 5) is 25.5. The average Bonchev–Trinajstić information content (AvgIpc) is 2.66. The number of carboxylic acid groups (broad SMARTS) is 1. The number of fused-ring (bicyclic) bond motifs is 1. The van der Waals surface area contributed by atoms with Crippen molar-refractivity contribution >= 4 is 11.9 Å². The van der Waals surface area contributed by atoms with E-state index >= 15 is 0 Å². The summed E-state index contributed by atoms with van der Waals surface area (Å²) in [5.41, 5.74) is 3.78. The van der Waals surface area contributed by atoms with E-state index in [-0.39, 0.29) is 18.4 Å². The number of amides is 1. The van der Waals surface area contributed by atoms with Crippen LogP contribution >= 0.6 is 0 Å². The molecule has 1 atom stereocenters. The number of nitrogens with zero attached hydrogens (tertiary/aromatic N) is 1. The van der Waals surface area contributed by atoms with Gasteiger partial charge in [-0.3, -0.25) is 9.59 Å². The van der Waals surface area contributed by atoms with Gasteiger partial charge in [0, 0.05) is 19.4 Å². The van der Waals surface area contributed by atoms with Gasteiger partial charge in [0.05, 0.1) is 6.04 Å². The van der Waals surface area contributed by atoms with Crippen molar-refractivity contribution in [1.29, 1.82) is 0 Å². The van der Waals surface area contributed by atoms with Gasteiger partial charge in [-0.25, -0.2) is 0 Å². The minimum atomic E-state index is -0.800. The van der Waals surface area contributed by atoms with Crippen LogP contribution in [0.25, 0.3) is 0 Å². The second-order valence-corrected chi connectivity index (χ2v) is 6.84. The van der Waals surface area contributed by atoms with E-state index < -0.39 is 5.97 Å². The first-order valence-corrected chi connectivity index (χ1v) is 9.28. The Balaban J connectivity index is 1.75. The molecule has 4 heteroatoms. The zero-order chi connectivity index (χ0) is 18.4. The number of carboxylic acids is 1. The lowest BCUT2D eigenvalue weighted by molar-refractivity contribution is -0.138. The highest BCUT2D eigenvalue weighted by molar-refractivity contribution is 5.77. The topological polar surface area (TPSA) is 57.6 Å². The third-order valence-electron chi connectivity index (χ3n) is 5.04. The fourth-order valence-corrected chi connectivity index (χ4v) is 3.70. The molecule has 1 aliphatic rings. The molecule has 0 radical (unpaired) electrons. The number of carbonyl (C=O) groups is 2. The molecule has 0 fully saturated rings. The molecular formula is C22H25NO3. The van der Waals surface area contributed by atoms with E-state index in [1.807, 2.05) is 29.2 Å². The van der Waals surface area contributed by atoms with E-state index in [4.69, 9.17) is 5.11 Å². The molecule has 1 heterocycles. The molecule has 3 rings (SSSR count). The average molecular weight is 351 g/mol. The minimum absolute atomic E-state index is 0.0503. The third kappa shape index (κ3) is 4.51. The van der Waals surface area contributed by atoms with Gasteiger partial charge in [0.1, 0.15) is 0 Å². The van der Waals surface area contributed by atoms with Crippen LogP contribution in [0.1, 0.15) is 48.4 Å². The van der Waals surface area contributed by atoms with Crippen LogP contribution < -0.4 is 0 Å². The molecule has 1 unspecified atom stereocenters. The lowest BCUT2D eigenvalue weighted by atomic mass is 9.88. The molecule has 0 aromatic heterocycles. The zero-order valence-corrected chi connectivity index (χ0v) is 14.9. The molecule has 4 nitrogen and oxygen atoms in total. The van der Waals surface area contributed by atoms with Gasteiger partial charge in [-0.15, -0.1) is 0 Å². The summed E-state index contributed by atoms with van der Waals surface area (Å²) in [5, 5.41) is 8.75. The van der Waals surface area contributed by atoms with Crippen molar-refractivity contribution in [3.63, 3.8) is 0 Å². The highest BCUT2D eigenvalue weighted by atomic mass is 16.4. The van der Waals surface area contributed by atoms with E-state index in [1.54, 1.807) is 0 Å². The second-order valence-electron chi connectivity index (χ2n) is 6.84. The van der Waals surface area contributed by atoms with Gasteiger partial charge in [-0.2, -0.15) is 0 Å². The van der Waals surface area contributed by atoms with Crippen LogP contribution in [0.2, 0.25) is 0 Å². The predicted molar refractivity (Wildman–Crippen MR) is 101 cm³/mol. The predicted octanol–water partition coefficient (Wildman–Crippen LogP) is 4.00. The first-order chi connectivity index (χ1) is 12.6. The normalized spacial score (nSPS) is 16.2. The van der Waals surface area contributed by atoms with Crippen molar-refractivity contribution in [2.75, 3.05) is 6.54 Å². The Morgan fingerprint density at radius 1 is 0.962 bits per heavy atom. The maximum absolute atomic E-state index is 12.8. The maximum atomic E-state index is 12.8. The van der Waals surface area contributed by atoms with E-state index in [2.05, 4.69) is 30.3 Å². The van der Waals surface area contributed by atoms with E-state index in [0.29, 0.717) is 19.3 Å². The van der Waals surface area contributed by atoms with Gasteiger partial charge in [0.25, 0.3) is 0 Å². The van der Waals surface area contributed by atoms with Crippen LogP contribution in [0, 0.1) is 0 Å². The lowest BCUT2D eigenvalue weighted by Crippen LogP contribution is -2.41. The number of benzene rings is 2. The lowest BCUT2D eigenvalue weighted by Gasteiger charge is -2.38. The highest BCUT2D eigenvalue weighted by Crippen LogP contribution is 2.33. The first-order valence-electron chi connectivity index (χ1n) is 9.28. The third-order valence-corrected chi connectivity index (χ3v) is 5.04. The zero-order valence-electron chi connectivity index (χ0n) is 14.9. The molecule has 0 saturated heterocycles. The number of carbonyl (C=O) groups excluding carboxylic acids is 1. The molecular weight excluding hydrogens is 326 g/mol. The van der Waals surface area contributed by atoms with Gasteiger partial charge in [0.15, 0.2) is 0 Å². The Bertz CT molecular complexity index is 757. The highest BCUT2D eigenvalue weighted by Gasteiger charge is 2.30. The largest absolute Gasteiger partial charge is 0.481 e. The molecule has 0 spiro atoms. The monoisotopic (exact) mass is 351 g/mol. The standard InChI is InChI=1S/C22H25NO3/c24-21(12-6-7-13-22(25)26)23-15-14-18-10-4-5-11-19(18)20(23)16-17-8-2-1-3-9-17/h1-5,8-11,20H,6-7,12-16H2,(H,25,26). The van der Waals surface area contributed by atoms with Crippen LogP contribution in [0.4, 0.5) is 0 Å². The Hall–Kier alpha value is -2.62. The van der Waals surface area contributed by atoms with Crippen LogP contribution in [-0.4, -0.2) is 28.4 Å². The fraction of sp³-hybridized carbons (Fsp3) is 0.364. The number of rotatable bonds is 7. The molecule has 0 aliphatic carbocycles. The minimum Gasteiger partial charge on any atom is -0.481 e. The SMILES string of the molecule is O=C(O)CCCCC(=O)N1CCc2ccccc2C1Cc1ccccc1. The summed E-state index contributed by atoms with van der Waals surface area (Å²) in [6.07, 6.45) is 3.40. The van der Waals surface area contributed by atoms with Gasteiger partial charge in [-0.05, 0) is 42.4 Å². The van der Waals surface area contributed by atoms with E-state index in [1.165, 1.54) is 16.7 Å². The summed E-state index contributed by atoms with van der Waals surface area (Å²) in [6.45, 7) is 0.728. The smallest absolute Gasteiger partial charge is 0.303 e. The van der Waals surface area contributed by atoms with E-state index in [9.17, 15) is 9.59 Å². The van der Waals surface area contributed by atoms with Gasteiger partial charge >= 0.3 is 5.97 Å². The summed E-state index contributed by atoms with van der Waals surface area (Å²) in [7, 11) is 0. The fourth-order valence-electron chi connectivity index (χ4n) is 3.70. The molecule has 26 heavy (non-hydrogen) atoms. The molecule has 2 aromatic rings. The van der Waals surface area contributed by atoms with Crippen LogP contribution in [0.15, 0.2) is 54.6 Å². The van der Waals surface area contributed by atoms with E-state index in [0.717, 1.165) is 19.4 Å². The van der Waals surface area contributed by atoms with Gasteiger partial charge in [-0.1, -0.05) is 54.6 Å². The number of unbranched alkanes of at least 4 members (excludes halogenated alkanes) is 1. The van der Waals surface area contributed by atoms with Gasteiger partial charge < -0.3 is 10.0 Å². The van der Waals surface area contributed by atoms with Gasteiger partial charge in [0.2, 0.25) is 5.91 Å². The van der Waals surface area contributed by atoms with Crippen molar-refractivity contribution in [2.45, 2.75) is 44.6 Å². The molecule has 1 N–H and O–H groups in total. The molecule has 2 aromatic carbocycles. The first kappa shape index (κ1) is 18.2. The summed E-state index contributed by atoms with van der Waals surface area (Å²) >= 11 is 0. The van der Waals surface area contributed by atoms with Crippen molar-refractivity contribution in [3.8, 4) is 0 Å². The van der Waals surface area contributed by atoms with Crippen molar-refractivity contribution in [2.24, 2.45) is 0 Å². The quantitative estimate of drug-likeness (QED) is 0.767. The molecule has 0 saturated carbocycles. The number of hydrogen-bond acceptors (Lipinski definition) is 2. The summed E-state index contributed by atoms with van der Waals surface area (Å²) in [5.74, 6) is -0.669. The second kappa shape index (κ2) is 8.65. The Kier molecular flexibility index (Phi) is 6.05. The van der Waals surface area contributed by atoms with Crippen molar-refractivity contribution in [3.05, 3.63) is 71.3 Å². The van der Waals surface area contributed by atoms with Crippen LogP contribution in [0.3, 0.4) is 0 Å². The Labute approximate surface area is 154 Å². The van der Waals surface area contributed by atoms with Crippen LogP contribution in [0.5, 0.6) is 0 Å². The molecule has 136 valence electrons.